The average Bonchev–Trinajstić information content (AvgIpc) is 2.59. The number of nitrogens with one attached hydrogen (secondary N) is 1. The molecule has 0 bridgehead atoms. The molecule has 2 rings (SSSR count). The molecule has 2 aromatic carbocycles. The van der Waals surface area contributed by atoms with E-state index < -0.39 is 0 Å². The van der Waals surface area contributed by atoms with Crippen molar-refractivity contribution >= 4 is 34.8 Å². The van der Waals surface area contributed by atoms with Crippen molar-refractivity contribution in [2.45, 2.75) is 6.61 Å². The molecule has 0 spiro atoms. The van der Waals surface area contributed by atoms with Gasteiger partial charge in [-0.05, 0) is 23.8 Å². The van der Waals surface area contributed by atoms with Gasteiger partial charge < -0.3 is 14.9 Å². The topological polar surface area (TPSA) is 59.9 Å². The van der Waals surface area contributed by atoms with Crippen LogP contribution < -0.4 is 10.1 Å². The molecule has 0 unspecified atom stereocenters. The second-order valence-corrected chi connectivity index (χ2v) is 5.57. The number of oxime groups is 1. The van der Waals surface area contributed by atoms with E-state index in [1.807, 2.05) is 18.2 Å². The van der Waals surface area contributed by atoms with Crippen LogP contribution in [0.5, 0.6) is 5.75 Å². The van der Waals surface area contributed by atoms with Crippen LogP contribution in [0.2, 0.25) is 10.0 Å². The van der Waals surface area contributed by atoms with E-state index in [2.05, 4.69) is 10.5 Å². The van der Waals surface area contributed by atoms with Crippen LogP contribution >= 0.6 is 23.2 Å². The molecule has 24 heavy (non-hydrogen) atoms. The SMILES string of the molecule is CNC(=O)/C(=N/OC)c1ccccc1COc1ccc(Cl)cc1Cl. The van der Waals surface area contributed by atoms with E-state index in [9.17, 15) is 4.79 Å². The third kappa shape index (κ3) is 4.40. The quantitative estimate of drug-likeness (QED) is 0.626. The molecule has 0 saturated heterocycles. The van der Waals surface area contributed by atoms with E-state index in [0.717, 1.165) is 5.56 Å². The predicted octanol–water partition coefficient (Wildman–Crippen LogP) is 3.67. The summed E-state index contributed by atoms with van der Waals surface area (Å²) >= 11 is 12.0. The van der Waals surface area contributed by atoms with Crippen LogP contribution in [0.15, 0.2) is 47.6 Å². The number of carbonyl (C=O) groups excluding carboxylic acids is 1. The summed E-state index contributed by atoms with van der Waals surface area (Å²) in [5, 5.41) is 7.30. The number of amides is 1. The van der Waals surface area contributed by atoms with Crippen LogP contribution in [0.1, 0.15) is 11.1 Å². The van der Waals surface area contributed by atoms with Gasteiger partial charge in [0.15, 0.2) is 5.71 Å². The maximum atomic E-state index is 12.0. The van der Waals surface area contributed by atoms with Crippen molar-refractivity contribution in [3.05, 3.63) is 63.6 Å². The molecule has 1 N–H and O–H groups in total. The maximum absolute atomic E-state index is 12.0. The average molecular weight is 367 g/mol. The first-order valence-electron chi connectivity index (χ1n) is 7.06. The van der Waals surface area contributed by atoms with E-state index in [4.69, 9.17) is 32.8 Å². The monoisotopic (exact) mass is 366 g/mol. The Labute approximate surface area is 150 Å². The van der Waals surface area contributed by atoms with Gasteiger partial charge in [-0.3, -0.25) is 4.79 Å². The summed E-state index contributed by atoms with van der Waals surface area (Å²) < 4.78 is 5.74. The maximum Gasteiger partial charge on any atom is 0.273 e. The van der Waals surface area contributed by atoms with Crippen LogP contribution in [0, 0.1) is 0 Å². The number of nitrogens with zero attached hydrogens (tertiary/aromatic N) is 1. The highest BCUT2D eigenvalue weighted by Crippen LogP contribution is 2.28. The molecule has 0 fully saturated rings. The third-order valence-corrected chi connectivity index (χ3v) is 3.70. The fourth-order valence-corrected chi connectivity index (χ4v) is 2.51. The van der Waals surface area contributed by atoms with E-state index >= 15 is 0 Å². The van der Waals surface area contributed by atoms with Crippen molar-refractivity contribution in [1.82, 2.24) is 5.32 Å². The van der Waals surface area contributed by atoms with Crippen molar-refractivity contribution in [3.63, 3.8) is 0 Å². The van der Waals surface area contributed by atoms with Gasteiger partial charge in [0.05, 0.1) is 5.02 Å². The molecule has 0 radical (unpaired) electrons. The Balaban J connectivity index is 2.28. The molecule has 0 aliphatic rings. The Kier molecular flexibility index (Phi) is 6.46. The highest BCUT2D eigenvalue weighted by molar-refractivity contribution is 6.45. The number of likely N-dealkylation sites (N-methyl/N-ethyl adjacent to an activating group) is 1. The summed E-state index contributed by atoms with van der Waals surface area (Å²) in [7, 11) is 2.91. The molecular weight excluding hydrogens is 351 g/mol. The van der Waals surface area contributed by atoms with Gasteiger partial charge in [-0.15, -0.1) is 0 Å². The zero-order valence-corrected chi connectivity index (χ0v) is 14.7. The zero-order chi connectivity index (χ0) is 17.5. The molecule has 0 heterocycles. The smallest absolute Gasteiger partial charge is 0.273 e. The fraction of sp³-hybridized carbons (Fsp3) is 0.176. The number of hydrogen-bond acceptors (Lipinski definition) is 4. The lowest BCUT2D eigenvalue weighted by Gasteiger charge is -2.13. The first-order chi connectivity index (χ1) is 11.6. The summed E-state index contributed by atoms with van der Waals surface area (Å²) in [5.74, 6) is 0.148. The first kappa shape index (κ1) is 18.1. The Morgan fingerprint density at radius 2 is 1.96 bits per heavy atom. The number of rotatable bonds is 6. The van der Waals surface area contributed by atoms with Crippen molar-refractivity contribution in [1.29, 1.82) is 0 Å². The first-order valence-corrected chi connectivity index (χ1v) is 7.81. The van der Waals surface area contributed by atoms with Crippen LogP contribution in [0.25, 0.3) is 0 Å². The van der Waals surface area contributed by atoms with E-state index in [0.29, 0.717) is 21.4 Å². The largest absolute Gasteiger partial charge is 0.487 e. The van der Waals surface area contributed by atoms with E-state index in [1.54, 1.807) is 24.3 Å². The van der Waals surface area contributed by atoms with E-state index in [1.165, 1.54) is 14.2 Å². The molecule has 1 amide bonds. The van der Waals surface area contributed by atoms with Crippen molar-refractivity contribution in [3.8, 4) is 5.75 Å². The molecule has 126 valence electrons. The summed E-state index contributed by atoms with van der Waals surface area (Å²) in [4.78, 5) is 16.8. The highest BCUT2D eigenvalue weighted by Gasteiger charge is 2.17. The van der Waals surface area contributed by atoms with Gasteiger partial charge in [0.2, 0.25) is 0 Å². The highest BCUT2D eigenvalue weighted by atomic mass is 35.5. The third-order valence-electron chi connectivity index (χ3n) is 3.17. The van der Waals surface area contributed by atoms with E-state index in [-0.39, 0.29) is 18.2 Å². The number of hydrogen-bond donors (Lipinski definition) is 1. The molecule has 2 aromatic rings. The second-order valence-electron chi connectivity index (χ2n) is 4.72. The molecule has 0 atom stereocenters. The lowest BCUT2D eigenvalue weighted by molar-refractivity contribution is -0.114. The van der Waals surface area contributed by atoms with Crippen LogP contribution in [-0.4, -0.2) is 25.8 Å². The molecule has 0 aliphatic heterocycles. The Morgan fingerprint density at radius 3 is 2.62 bits per heavy atom. The summed E-state index contributed by atoms with van der Waals surface area (Å²) in [6, 6.07) is 12.3. The van der Waals surface area contributed by atoms with Gasteiger partial charge in [0.1, 0.15) is 19.5 Å². The Hall–Kier alpha value is -2.24. The van der Waals surface area contributed by atoms with Crippen LogP contribution in [0.3, 0.4) is 0 Å². The summed E-state index contributed by atoms with van der Waals surface area (Å²) in [6.07, 6.45) is 0. The normalized spacial score (nSPS) is 11.1. The number of halogens is 2. The second kappa shape index (κ2) is 8.57. The van der Waals surface area contributed by atoms with Gasteiger partial charge >= 0.3 is 0 Å². The lowest BCUT2D eigenvalue weighted by atomic mass is 10.0. The van der Waals surface area contributed by atoms with Gasteiger partial charge in [-0.1, -0.05) is 52.6 Å². The zero-order valence-electron chi connectivity index (χ0n) is 13.2. The van der Waals surface area contributed by atoms with Gasteiger partial charge in [-0.2, -0.15) is 0 Å². The van der Waals surface area contributed by atoms with Crippen molar-refractivity contribution in [2.24, 2.45) is 5.16 Å². The predicted molar refractivity (Wildman–Crippen MR) is 94.8 cm³/mol. The lowest BCUT2D eigenvalue weighted by Crippen LogP contribution is -2.29. The summed E-state index contributed by atoms with van der Waals surface area (Å²) in [6.45, 7) is 0.206. The van der Waals surface area contributed by atoms with Crippen molar-refractivity contribution < 1.29 is 14.4 Å². The van der Waals surface area contributed by atoms with Gasteiger partial charge in [0, 0.05) is 17.6 Å². The molecule has 0 saturated carbocycles. The molecule has 0 aliphatic carbocycles. The number of ether oxygens (including phenoxy) is 1. The number of benzene rings is 2. The molecular formula is C17H16Cl2N2O3. The Morgan fingerprint density at radius 1 is 1.21 bits per heavy atom. The minimum Gasteiger partial charge on any atom is -0.487 e. The van der Waals surface area contributed by atoms with Gasteiger partial charge in [0.25, 0.3) is 5.91 Å². The van der Waals surface area contributed by atoms with Crippen LogP contribution in [0.4, 0.5) is 0 Å². The minimum atomic E-state index is -0.353. The summed E-state index contributed by atoms with van der Waals surface area (Å²) in [5.41, 5.74) is 1.55. The van der Waals surface area contributed by atoms with Gasteiger partial charge in [-0.25, -0.2) is 0 Å². The van der Waals surface area contributed by atoms with Crippen LogP contribution in [-0.2, 0) is 16.2 Å². The Bertz CT molecular complexity index is 763. The molecule has 5 nitrogen and oxygen atoms in total. The minimum absolute atomic E-state index is 0.168. The number of carbonyl (C=O) groups is 1. The molecule has 0 aromatic heterocycles. The fourth-order valence-electron chi connectivity index (χ4n) is 2.05. The standard InChI is InChI=1S/C17H16Cl2N2O3/c1-20-17(22)16(21-23-2)13-6-4-3-5-11(13)10-24-15-8-7-12(18)9-14(15)19/h3-9H,10H2,1-2H3,(H,20,22)/b21-16+. The molecule has 7 heteroatoms. The van der Waals surface area contributed by atoms with Crippen molar-refractivity contribution in [2.75, 3.05) is 14.2 Å².